The summed E-state index contributed by atoms with van der Waals surface area (Å²) in [5.74, 6) is -0.652. The van der Waals surface area contributed by atoms with Crippen molar-refractivity contribution in [3.63, 3.8) is 0 Å². The van der Waals surface area contributed by atoms with Crippen LogP contribution in [0.1, 0.15) is 60.4 Å². The first-order valence-electron chi connectivity index (χ1n) is 10.1. The minimum atomic E-state index is -0.380. The van der Waals surface area contributed by atoms with Gasteiger partial charge in [0.25, 0.3) is 5.91 Å². The fraction of sp³-hybridized carbons (Fsp3) is 0.409. The Balaban J connectivity index is 1.50. The Morgan fingerprint density at radius 1 is 1.24 bits per heavy atom. The summed E-state index contributed by atoms with van der Waals surface area (Å²) in [6, 6.07) is 8.91. The minimum Gasteiger partial charge on any atom is -0.446 e. The van der Waals surface area contributed by atoms with Crippen LogP contribution < -0.4 is 10.2 Å². The predicted molar refractivity (Wildman–Crippen MR) is 106 cm³/mol. The maximum Gasteiger partial charge on any atom is 0.414 e. The molecule has 1 unspecified atom stereocenters. The zero-order valence-corrected chi connectivity index (χ0v) is 16.4. The van der Waals surface area contributed by atoms with Crippen molar-refractivity contribution >= 4 is 17.7 Å². The van der Waals surface area contributed by atoms with Crippen LogP contribution in [-0.4, -0.2) is 29.6 Å². The van der Waals surface area contributed by atoms with E-state index in [1.807, 2.05) is 19.1 Å². The van der Waals surface area contributed by atoms with Gasteiger partial charge in [0.1, 0.15) is 11.9 Å². The van der Waals surface area contributed by atoms with Gasteiger partial charge in [0.05, 0.1) is 23.1 Å². The summed E-state index contributed by atoms with van der Waals surface area (Å²) in [5.41, 5.74) is 2.78. The van der Waals surface area contributed by atoms with E-state index < -0.39 is 0 Å². The number of nitrogens with zero attached hydrogens (tertiary/aromatic N) is 2. The highest BCUT2D eigenvalue weighted by molar-refractivity contribution is 5.94. The molecule has 7 heteroatoms. The van der Waals surface area contributed by atoms with Crippen LogP contribution in [0.4, 0.5) is 14.9 Å². The molecule has 152 valence electrons. The van der Waals surface area contributed by atoms with Gasteiger partial charge in [-0.3, -0.25) is 14.7 Å². The molecule has 4 rings (SSSR count). The number of rotatable bonds is 5. The van der Waals surface area contributed by atoms with E-state index in [-0.39, 0.29) is 30.0 Å². The number of anilines is 1. The van der Waals surface area contributed by atoms with Gasteiger partial charge in [0.15, 0.2) is 0 Å². The number of aromatic nitrogens is 1. The van der Waals surface area contributed by atoms with Crippen molar-refractivity contribution in [2.75, 3.05) is 11.4 Å². The van der Waals surface area contributed by atoms with Crippen molar-refractivity contribution in [2.45, 2.75) is 51.2 Å². The Labute approximate surface area is 169 Å². The predicted octanol–water partition coefficient (Wildman–Crippen LogP) is 4.15. The fourth-order valence-corrected chi connectivity index (χ4v) is 3.47. The first-order valence-corrected chi connectivity index (χ1v) is 10.1. The van der Waals surface area contributed by atoms with E-state index >= 15 is 0 Å². The lowest BCUT2D eigenvalue weighted by atomic mass is 10.0. The van der Waals surface area contributed by atoms with Crippen LogP contribution >= 0.6 is 0 Å². The molecule has 1 saturated carbocycles. The van der Waals surface area contributed by atoms with E-state index in [0.29, 0.717) is 18.5 Å². The molecule has 1 atom stereocenters. The van der Waals surface area contributed by atoms with E-state index in [2.05, 4.69) is 5.32 Å². The molecule has 1 aliphatic heterocycles. The van der Waals surface area contributed by atoms with Gasteiger partial charge in [-0.2, -0.15) is 0 Å². The largest absolute Gasteiger partial charge is 0.446 e. The quantitative estimate of drug-likeness (QED) is 0.823. The van der Waals surface area contributed by atoms with Crippen LogP contribution in [-0.2, 0) is 11.2 Å². The van der Waals surface area contributed by atoms with Crippen LogP contribution in [0.2, 0.25) is 0 Å². The molecular weight excluding hydrogens is 373 g/mol. The maximum absolute atomic E-state index is 13.1. The van der Waals surface area contributed by atoms with Crippen molar-refractivity contribution in [1.82, 2.24) is 10.3 Å². The standard InChI is InChI=1S/C22H24FN3O3/c1-2-17(25-21(27)14-5-7-15(23)8-6-14)18-11-12-20-19(24-18)4-3-13-26(20)22(28)29-16-9-10-16/h5-8,11-12,16-17H,2-4,9-10,13H2,1H3,(H,25,27). The van der Waals surface area contributed by atoms with Gasteiger partial charge in [-0.25, -0.2) is 9.18 Å². The SMILES string of the molecule is CCC(NC(=O)c1ccc(F)cc1)c1ccc2c(n1)CCCN2C(=O)OC1CC1. The van der Waals surface area contributed by atoms with Crippen LogP contribution in [0.25, 0.3) is 0 Å². The third kappa shape index (κ3) is 4.39. The molecule has 2 amide bonds. The molecule has 6 nitrogen and oxygen atoms in total. The van der Waals surface area contributed by atoms with E-state index in [1.165, 1.54) is 24.3 Å². The minimum absolute atomic E-state index is 0.0613. The summed E-state index contributed by atoms with van der Waals surface area (Å²) < 4.78 is 18.5. The van der Waals surface area contributed by atoms with Gasteiger partial charge in [-0.1, -0.05) is 6.92 Å². The smallest absolute Gasteiger partial charge is 0.414 e. The molecular formula is C22H24FN3O3. The molecule has 0 bridgehead atoms. The topological polar surface area (TPSA) is 71.5 Å². The Kier molecular flexibility index (Phi) is 5.47. The highest BCUT2D eigenvalue weighted by Crippen LogP contribution is 2.31. The van der Waals surface area contributed by atoms with Crippen molar-refractivity contribution in [3.8, 4) is 0 Å². The molecule has 1 aromatic heterocycles. The number of hydrogen-bond acceptors (Lipinski definition) is 4. The number of amides is 2. The molecule has 1 aromatic carbocycles. The van der Waals surface area contributed by atoms with Crippen LogP contribution in [0.15, 0.2) is 36.4 Å². The molecule has 1 aliphatic carbocycles. The molecule has 0 radical (unpaired) electrons. The fourth-order valence-electron chi connectivity index (χ4n) is 3.47. The van der Waals surface area contributed by atoms with Crippen LogP contribution in [0.5, 0.6) is 0 Å². The van der Waals surface area contributed by atoms with Crippen molar-refractivity contribution in [1.29, 1.82) is 0 Å². The summed E-state index contributed by atoms with van der Waals surface area (Å²) in [5, 5.41) is 2.96. The molecule has 0 saturated heterocycles. The lowest BCUT2D eigenvalue weighted by Gasteiger charge is -2.29. The Morgan fingerprint density at radius 2 is 2.00 bits per heavy atom. The summed E-state index contributed by atoms with van der Waals surface area (Å²) in [6.45, 7) is 2.59. The van der Waals surface area contributed by atoms with Crippen molar-refractivity contribution in [2.24, 2.45) is 0 Å². The van der Waals surface area contributed by atoms with Gasteiger partial charge in [-0.05, 0) is 68.5 Å². The first-order chi connectivity index (χ1) is 14.0. The Hall–Kier alpha value is -2.96. The summed E-state index contributed by atoms with van der Waals surface area (Å²) in [7, 11) is 0. The van der Waals surface area contributed by atoms with E-state index in [1.54, 1.807) is 4.90 Å². The highest BCUT2D eigenvalue weighted by atomic mass is 19.1. The monoisotopic (exact) mass is 397 g/mol. The zero-order valence-electron chi connectivity index (χ0n) is 16.4. The second-order valence-electron chi connectivity index (χ2n) is 7.48. The van der Waals surface area contributed by atoms with Crippen molar-refractivity contribution < 1.29 is 18.7 Å². The number of hydrogen-bond donors (Lipinski definition) is 1. The summed E-state index contributed by atoms with van der Waals surface area (Å²) in [6.07, 6.45) is 3.89. The molecule has 2 aromatic rings. The van der Waals surface area contributed by atoms with E-state index in [9.17, 15) is 14.0 Å². The van der Waals surface area contributed by atoms with Crippen LogP contribution in [0.3, 0.4) is 0 Å². The van der Waals surface area contributed by atoms with E-state index in [4.69, 9.17) is 9.72 Å². The average molecular weight is 397 g/mol. The third-order valence-corrected chi connectivity index (χ3v) is 5.25. The van der Waals surface area contributed by atoms with Gasteiger partial charge in [0, 0.05) is 12.1 Å². The molecule has 2 heterocycles. The second kappa shape index (κ2) is 8.19. The average Bonchev–Trinajstić information content (AvgIpc) is 3.55. The van der Waals surface area contributed by atoms with Crippen LogP contribution in [0, 0.1) is 5.82 Å². The summed E-state index contributed by atoms with van der Waals surface area (Å²) in [4.78, 5) is 31.3. The number of nitrogens with one attached hydrogen (secondary N) is 1. The zero-order chi connectivity index (χ0) is 20.4. The maximum atomic E-state index is 13.1. The number of ether oxygens (including phenoxy) is 1. The number of carbonyl (C=O) groups is 2. The molecule has 2 aliphatic rings. The van der Waals surface area contributed by atoms with Gasteiger partial charge in [0.2, 0.25) is 0 Å². The molecule has 29 heavy (non-hydrogen) atoms. The second-order valence-corrected chi connectivity index (χ2v) is 7.48. The number of aryl methyl sites for hydroxylation is 1. The number of halogens is 1. The first kappa shape index (κ1) is 19.4. The Morgan fingerprint density at radius 3 is 2.69 bits per heavy atom. The normalized spacial score (nSPS) is 16.7. The van der Waals surface area contributed by atoms with Gasteiger partial charge < -0.3 is 10.1 Å². The highest BCUT2D eigenvalue weighted by Gasteiger charge is 2.31. The lowest BCUT2D eigenvalue weighted by Crippen LogP contribution is -2.37. The molecule has 1 N–H and O–H groups in total. The van der Waals surface area contributed by atoms with Crippen molar-refractivity contribution in [3.05, 3.63) is 59.2 Å². The Bertz CT molecular complexity index is 912. The molecule has 1 fully saturated rings. The lowest BCUT2D eigenvalue weighted by molar-refractivity contribution is 0.0934. The van der Waals surface area contributed by atoms with E-state index in [0.717, 1.165) is 42.8 Å². The molecule has 0 spiro atoms. The number of carbonyl (C=O) groups excluding carboxylic acids is 2. The van der Waals surface area contributed by atoms with Gasteiger partial charge in [-0.15, -0.1) is 0 Å². The summed E-state index contributed by atoms with van der Waals surface area (Å²) >= 11 is 0. The van der Waals surface area contributed by atoms with Gasteiger partial charge >= 0.3 is 6.09 Å². The third-order valence-electron chi connectivity index (χ3n) is 5.25. The number of pyridine rings is 1. The number of benzene rings is 1. The number of fused-ring (bicyclic) bond motifs is 1.